The summed E-state index contributed by atoms with van der Waals surface area (Å²) in [5, 5.41) is 0.451. The van der Waals surface area contributed by atoms with Gasteiger partial charge in [-0.1, -0.05) is 23.4 Å². The Bertz CT molecular complexity index is 1590. The molecule has 0 atom stereocenters. The largest absolute Gasteiger partial charge is 0.382 e. The number of hydrogen-bond acceptors (Lipinski definition) is 7. The molecule has 1 saturated heterocycles. The number of hydrogen-bond donors (Lipinski definition) is 1. The van der Waals surface area contributed by atoms with E-state index < -0.39 is 0 Å². The maximum absolute atomic E-state index is 13.7. The molecule has 0 unspecified atom stereocenters. The molecule has 2 N–H and O–H groups in total. The van der Waals surface area contributed by atoms with Gasteiger partial charge in [-0.25, -0.2) is 19.3 Å². The fourth-order valence-corrected chi connectivity index (χ4v) is 6.77. The summed E-state index contributed by atoms with van der Waals surface area (Å²) in [5.41, 5.74) is 10.9. The fraction of sp³-hybridized carbons (Fsp3) is 0.280. The Labute approximate surface area is 209 Å². The Morgan fingerprint density at radius 2 is 1.89 bits per heavy atom. The van der Waals surface area contributed by atoms with Gasteiger partial charge in [0, 0.05) is 29.9 Å². The lowest BCUT2D eigenvalue weighted by Gasteiger charge is -2.39. The first-order valence-electron chi connectivity index (χ1n) is 11.6. The number of nitrogens with zero attached hydrogens (tertiary/aromatic N) is 6. The van der Waals surface area contributed by atoms with E-state index in [9.17, 15) is 4.39 Å². The minimum absolute atomic E-state index is 0.174. The maximum atomic E-state index is 13.7. The summed E-state index contributed by atoms with van der Waals surface area (Å²) in [6, 6.07) is 7.56. The molecule has 1 aliphatic carbocycles. The number of nitrogens with two attached hydrogens (primary N) is 1. The monoisotopic (exact) mass is 505 g/mol. The minimum atomic E-state index is -0.242. The van der Waals surface area contributed by atoms with Gasteiger partial charge in [-0.2, -0.15) is 0 Å². The summed E-state index contributed by atoms with van der Waals surface area (Å²) >= 11 is 7.89. The predicted octanol–water partition coefficient (Wildman–Crippen LogP) is 5.02. The van der Waals surface area contributed by atoms with Crippen molar-refractivity contribution in [1.29, 1.82) is 0 Å². The second kappa shape index (κ2) is 7.66. The van der Waals surface area contributed by atoms with Gasteiger partial charge in [0.05, 0.1) is 22.3 Å². The van der Waals surface area contributed by atoms with Crippen molar-refractivity contribution in [3.05, 3.63) is 65.0 Å². The zero-order valence-electron chi connectivity index (χ0n) is 18.7. The molecule has 0 bridgehead atoms. The zero-order valence-corrected chi connectivity index (χ0v) is 20.3. The van der Waals surface area contributed by atoms with E-state index in [0.29, 0.717) is 10.8 Å². The highest BCUT2D eigenvalue weighted by atomic mass is 35.5. The summed E-state index contributed by atoms with van der Waals surface area (Å²) in [6.45, 7) is 1.81. The summed E-state index contributed by atoms with van der Waals surface area (Å²) in [5.74, 6) is 1.04. The Morgan fingerprint density at radius 3 is 2.74 bits per heavy atom. The number of halogens is 2. The lowest BCUT2D eigenvalue weighted by Crippen LogP contribution is -2.41. The van der Waals surface area contributed by atoms with Crippen molar-refractivity contribution in [2.45, 2.75) is 35.5 Å². The highest BCUT2D eigenvalue weighted by Crippen LogP contribution is 2.45. The first-order chi connectivity index (χ1) is 17.0. The molecule has 0 radical (unpaired) electrons. The second-order valence-electron chi connectivity index (χ2n) is 9.50. The van der Waals surface area contributed by atoms with Crippen molar-refractivity contribution in [2.75, 3.05) is 23.7 Å². The quantitative estimate of drug-likeness (QED) is 0.368. The van der Waals surface area contributed by atoms with Crippen LogP contribution in [0.1, 0.15) is 24.1 Å². The van der Waals surface area contributed by atoms with Crippen LogP contribution in [-0.4, -0.2) is 37.4 Å². The van der Waals surface area contributed by atoms with Gasteiger partial charge in [0.15, 0.2) is 11.5 Å². The Morgan fingerprint density at radius 1 is 1.03 bits per heavy atom. The number of aromatic nitrogens is 5. The number of piperidine rings is 1. The van der Waals surface area contributed by atoms with Crippen LogP contribution in [0.15, 0.2) is 52.6 Å². The third-order valence-electron chi connectivity index (χ3n) is 7.40. The minimum Gasteiger partial charge on any atom is -0.382 e. The van der Waals surface area contributed by atoms with Crippen LogP contribution in [0, 0.1) is 11.2 Å². The molecule has 7 nitrogen and oxygen atoms in total. The molecule has 0 amide bonds. The van der Waals surface area contributed by atoms with Gasteiger partial charge in [0.2, 0.25) is 0 Å². The topological polar surface area (TPSA) is 85.2 Å². The highest BCUT2D eigenvalue weighted by molar-refractivity contribution is 7.99. The van der Waals surface area contributed by atoms with Crippen LogP contribution in [0.4, 0.5) is 16.0 Å². The number of rotatable bonds is 3. The zero-order chi connectivity index (χ0) is 23.7. The van der Waals surface area contributed by atoms with E-state index in [1.54, 1.807) is 12.3 Å². The third kappa shape index (κ3) is 3.32. The van der Waals surface area contributed by atoms with Crippen LogP contribution in [0.2, 0.25) is 5.02 Å². The lowest BCUT2D eigenvalue weighted by molar-refractivity contribution is 0.231. The Hall–Kier alpha value is -3.17. The van der Waals surface area contributed by atoms with Crippen LogP contribution in [0.3, 0.4) is 0 Å². The van der Waals surface area contributed by atoms with Crippen molar-refractivity contribution < 1.29 is 4.39 Å². The normalized spacial score (nSPS) is 17.1. The van der Waals surface area contributed by atoms with Crippen LogP contribution in [0.25, 0.3) is 16.8 Å². The number of nitrogen functional groups attached to an aromatic ring is 1. The summed E-state index contributed by atoms with van der Waals surface area (Å²) < 4.78 is 15.8. The van der Waals surface area contributed by atoms with Crippen molar-refractivity contribution in [1.82, 2.24) is 24.3 Å². The van der Waals surface area contributed by atoms with E-state index in [1.807, 2.05) is 24.4 Å². The lowest BCUT2D eigenvalue weighted by atomic mass is 9.76. The Balaban J connectivity index is 1.16. The van der Waals surface area contributed by atoms with Gasteiger partial charge < -0.3 is 10.6 Å². The average molecular weight is 506 g/mol. The van der Waals surface area contributed by atoms with Gasteiger partial charge in [-0.3, -0.25) is 9.38 Å². The van der Waals surface area contributed by atoms with E-state index in [1.165, 1.54) is 18.0 Å². The van der Waals surface area contributed by atoms with Crippen LogP contribution in [-0.2, 0) is 12.8 Å². The molecule has 176 valence electrons. The SMILES string of the molecule is Nc1nccc(Sc2ccc3nc(N4CCC5(CC4)Cc4cc(F)cnc4C5)c4cnc2n34)c1Cl. The van der Waals surface area contributed by atoms with Crippen molar-refractivity contribution in [3.8, 4) is 0 Å². The van der Waals surface area contributed by atoms with E-state index in [2.05, 4.69) is 19.3 Å². The van der Waals surface area contributed by atoms with E-state index in [4.69, 9.17) is 27.3 Å². The molecule has 1 spiro atoms. The van der Waals surface area contributed by atoms with Crippen molar-refractivity contribution in [2.24, 2.45) is 5.41 Å². The highest BCUT2D eigenvalue weighted by Gasteiger charge is 2.41. The van der Waals surface area contributed by atoms with Gasteiger partial charge in [-0.15, -0.1) is 0 Å². The van der Waals surface area contributed by atoms with E-state index >= 15 is 0 Å². The average Bonchev–Trinajstić information content (AvgIpc) is 3.54. The molecule has 5 aromatic rings. The van der Waals surface area contributed by atoms with Crippen LogP contribution in [0.5, 0.6) is 0 Å². The first-order valence-corrected chi connectivity index (χ1v) is 12.7. The summed E-state index contributed by atoms with van der Waals surface area (Å²) in [6.07, 6.45) is 8.81. The standard InChI is InChI=1S/C25H21ClFN7S/c26-21-18(3-6-29-22(21)28)35-19-1-2-20-32-23(17-13-31-24(19)34(17)20)33-7-4-25(5-8-33)10-14-9-15(27)12-30-16(14)11-25/h1-3,6,9,12-13H,4-5,7-8,10-11H2,(H2,28,29). The molecule has 5 aromatic heterocycles. The third-order valence-corrected chi connectivity index (χ3v) is 9.01. The summed E-state index contributed by atoms with van der Waals surface area (Å²) in [7, 11) is 0. The molecule has 7 rings (SSSR count). The number of imidazole rings is 2. The van der Waals surface area contributed by atoms with Gasteiger partial charge in [0.25, 0.3) is 0 Å². The molecule has 0 aromatic carbocycles. The van der Waals surface area contributed by atoms with E-state index in [0.717, 1.165) is 82.5 Å². The van der Waals surface area contributed by atoms with Crippen LogP contribution >= 0.6 is 23.4 Å². The van der Waals surface area contributed by atoms with Gasteiger partial charge in [0.1, 0.15) is 22.8 Å². The number of fused-ring (bicyclic) bond motifs is 1. The van der Waals surface area contributed by atoms with Gasteiger partial charge in [-0.05, 0) is 60.9 Å². The predicted molar refractivity (Wildman–Crippen MR) is 135 cm³/mol. The number of pyridine rings is 3. The van der Waals surface area contributed by atoms with Gasteiger partial charge >= 0.3 is 0 Å². The molecule has 6 heterocycles. The molecule has 0 saturated carbocycles. The molecular weight excluding hydrogens is 485 g/mol. The Kier molecular flexibility index (Phi) is 4.63. The fourth-order valence-electron chi connectivity index (χ4n) is 5.61. The molecular formula is C25H21ClFN7S. The number of anilines is 2. The van der Waals surface area contributed by atoms with Crippen molar-refractivity contribution >= 4 is 51.8 Å². The maximum Gasteiger partial charge on any atom is 0.157 e. The molecule has 10 heteroatoms. The molecule has 1 aliphatic heterocycles. The molecule has 35 heavy (non-hydrogen) atoms. The van der Waals surface area contributed by atoms with Crippen molar-refractivity contribution in [3.63, 3.8) is 0 Å². The second-order valence-corrected chi connectivity index (χ2v) is 11.0. The summed E-state index contributed by atoms with van der Waals surface area (Å²) in [4.78, 5) is 22.3. The first kappa shape index (κ1) is 21.1. The smallest absolute Gasteiger partial charge is 0.157 e. The van der Waals surface area contributed by atoms with E-state index in [-0.39, 0.29) is 11.2 Å². The molecule has 2 aliphatic rings. The molecule has 1 fully saturated rings. The van der Waals surface area contributed by atoms with Crippen LogP contribution < -0.4 is 10.6 Å².